The number of nitriles is 1. The smallest absolute Gasteiger partial charge is 0.338 e. The second-order valence-electron chi connectivity index (χ2n) is 9.79. The van der Waals surface area contributed by atoms with E-state index in [4.69, 9.17) is 18.9 Å². The molecule has 0 unspecified atom stereocenters. The van der Waals surface area contributed by atoms with Gasteiger partial charge in [-0.05, 0) is 99.9 Å². The third-order valence-corrected chi connectivity index (χ3v) is 9.47. The lowest BCUT2D eigenvalue weighted by molar-refractivity contribution is -0.139. The molecule has 45 heavy (non-hydrogen) atoms. The lowest BCUT2D eigenvalue weighted by Crippen LogP contribution is -2.40. The number of rotatable bonds is 9. The molecule has 0 N–H and O–H groups in total. The highest BCUT2D eigenvalue weighted by molar-refractivity contribution is 14.1. The number of hydrogen-bond acceptors (Lipinski definition) is 9. The molecule has 0 amide bonds. The summed E-state index contributed by atoms with van der Waals surface area (Å²) in [7, 11) is 3.12. The van der Waals surface area contributed by atoms with Crippen LogP contribution in [0, 0.1) is 14.9 Å². The van der Waals surface area contributed by atoms with Gasteiger partial charge in [0.1, 0.15) is 12.4 Å². The first-order valence-electron chi connectivity index (χ1n) is 13.7. The molecule has 230 valence electrons. The normalized spacial score (nSPS) is 14.3. The van der Waals surface area contributed by atoms with Crippen LogP contribution in [0.5, 0.6) is 17.2 Å². The predicted octanol–water partition coefficient (Wildman–Crippen LogP) is 5.63. The molecule has 0 spiro atoms. The standard InChI is InChI=1S/C33H27BrIN3O6S/c1-5-43-32(40)28-18(2)37-33-38(29(28)20-10-11-25(41-3)23(34)15-20)31(39)27(45-33)14-19-12-24(35)30(26(13-19)42-4)44-17-22-9-7-6-8-21(22)16-36/h6-15,29H,5,17H2,1-4H3/b27-14-/t29-/m0/s1. The summed E-state index contributed by atoms with van der Waals surface area (Å²) in [6, 6.07) is 17.8. The maximum Gasteiger partial charge on any atom is 0.338 e. The van der Waals surface area contributed by atoms with Gasteiger partial charge in [-0.3, -0.25) is 9.36 Å². The van der Waals surface area contributed by atoms with Crippen molar-refractivity contribution < 1.29 is 23.7 Å². The Morgan fingerprint density at radius 1 is 1.16 bits per heavy atom. The van der Waals surface area contributed by atoms with Gasteiger partial charge in [0.15, 0.2) is 16.3 Å². The van der Waals surface area contributed by atoms with E-state index in [1.807, 2.05) is 36.4 Å². The van der Waals surface area contributed by atoms with Gasteiger partial charge in [0.05, 0.1) is 62.3 Å². The minimum absolute atomic E-state index is 0.185. The maximum atomic E-state index is 14.1. The second kappa shape index (κ2) is 14.0. The van der Waals surface area contributed by atoms with Crippen molar-refractivity contribution in [1.82, 2.24) is 4.57 Å². The van der Waals surface area contributed by atoms with Crippen LogP contribution >= 0.6 is 49.9 Å². The number of aromatic nitrogens is 1. The molecule has 5 rings (SSSR count). The summed E-state index contributed by atoms with van der Waals surface area (Å²) in [6.45, 7) is 3.86. The first-order valence-corrected chi connectivity index (χ1v) is 16.4. The van der Waals surface area contributed by atoms with Crippen LogP contribution in [0.15, 0.2) is 80.1 Å². The summed E-state index contributed by atoms with van der Waals surface area (Å²) in [4.78, 5) is 32.4. The Kier molecular flexibility index (Phi) is 10.1. The van der Waals surface area contributed by atoms with Crippen LogP contribution in [0.1, 0.15) is 42.1 Å². The van der Waals surface area contributed by atoms with Crippen molar-refractivity contribution >= 4 is 61.9 Å². The lowest BCUT2D eigenvalue weighted by atomic mass is 9.96. The van der Waals surface area contributed by atoms with Gasteiger partial charge in [-0.25, -0.2) is 9.79 Å². The maximum absolute atomic E-state index is 14.1. The first-order chi connectivity index (χ1) is 21.7. The number of allylic oxidation sites excluding steroid dienone is 1. The summed E-state index contributed by atoms with van der Waals surface area (Å²) in [5, 5.41) is 9.42. The van der Waals surface area contributed by atoms with E-state index in [9.17, 15) is 14.9 Å². The van der Waals surface area contributed by atoms with Gasteiger partial charge in [-0.1, -0.05) is 35.6 Å². The molecule has 1 aliphatic heterocycles. The van der Waals surface area contributed by atoms with Crippen molar-refractivity contribution in [3.05, 3.63) is 116 Å². The van der Waals surface area contributed by atoms with E-state index in [0.29, 0.717) is 53.5 Å². The molecule has 0 saturated heterocycles. The Hall–Kier alpha value is -3.93. The van der Waals surface area contributed by atoms with E-state index in [-0.39, 0.29) is 18.8 Å². The highest BCUT2D eigenvalue weighted by atomic mass is 127. The Labute approximate surface area is 285 Å². The molecule has 0 bridgehead atoms. The number of carbonyl (C=O) groups excluding carboxylic acids is 1. The van der Waals surface area contributed by atoms with E-state index < -0.39 is 12.0 Å². The van der Waals surface area contributed by atoms with Crippen molar-refractivity contribution in [2.75, 3.05) is 20.8 Å². The number of fused-ring (bicyclic) bond motifs is 1. The number of methoxy groups -OCH3 is 2. The van der Waals surface area contributed by atoms with Gasteiger partial charge in [0.2, 0.25) is 0 Å². The zero-order chi connectivity index (χ0) is 32.2. The molecular weight excluding hydrogens is 773 g/mol. The lowest BCUT2D eigenvalue weighted by Gasteiger charge is -2.25. The number of ether oxygens (including phenoxy) is 4. The quantitative estimate of drug-likeness (QED) is 0.159. The number of hydrogen-bond donors (Lipinski definition) is 0. The molecule has 1 atom stereocenters. The summed E-state index contributed by atoms with van der Waals surface area (Å²) in [5.74, 6) is 1.10. The third kappa shape index (κ3) is 6.56. The van der Waals surface area contributed by atoms with Crippen LogP contribution in [0.25, 0.3) is 6.08 Å². The number of nitrogens with zero attached hydrogens (tertiary/aromatic N) is 3. The van der Waals surface area contributed by atoms with Crippen molar-refractivity contribution in [3.63, 3.8) is 0 Å². The molecule has 2 heterocycles. The average molecular weight is 800 g/mol. The van der Waals surface area contributed by atoms with Gasteiger partial charge < -0.3 is 18.9 Å². The fourth-order valence-electron chi connectivity index (χ4n) is 4.98. The van der Waals surface area contributed by atoms with Crippen LogP contribution in [0.4, 0.5) is 0 Å². The average Bonchev–Trinajstić information content (AvgIpc) is 3.33. The number of esters is 1. The van der Waals surface area contributed by atoms with Crippen LogP contribution < -0.4 is 29.1 Å². The number of thiazole rings is 1. The van der Waals surface area contributed by atoms with Crippen molar-refractivity contribution in [2.45, 2.75) is 26.5 Å². The monoisotopic (exact) mass is 799 g/mol. The van der Waals surface area contributed by atoms with Crippen LogP contribution in [-0.2, 0) is 16.1 Å². The number of benzene rings is 3. The van der Waals surface area contributed by atoms with Crippen LogP contribution in [0.3, 0.4) is 0 Å². The third-order valence-electron chi connectivity index (χ3n) is 7.07. The number of halogens is 2. The summed E-state index contributed by atoms with van der Waals surface area (Å²) < 4.78 is 26.0. The number of carbonyl (C=O) groups is 1. The van der Waals surface area contributed by atoms with E-state index in [1.165, 1.54) is 15.9 Å². The van der Waals surface area contributed by atoms with Gasteiger partial charge in [-0.15, -0.1) is 0 Å². The molecule has 0 aliphatic carbocycles. The fraction of sp³-hybridized carbons (Fsp3) is 0.212. The van der Waals surface area contributed by atoms with Gasteiger partial charge >= 0.3 is 5.97 Å². The minimum atomic E-state index is -0.758. The van der Waals surface area contributed by atoms with E-state index in [0.717, 1.165) is 14.7 Å². The summed E-state index contributed by atoms with van der Waals surface area (Å²) in [6.07, 6.45) is 1.77. The van der Waals surface area contributed by atoms with E-state index in [1.54, 1.807) is 52.3 Å². The van der Waals surface area contributed by atoms with E-state index in [2.05, 4.69) is 49.6 Å². The largest absolute Gasteiger partial charge is 0.496 e. The Bertz CT molecular complexity index is 2060. The molecule has 4 aromatic rings. The first kappa shape index (κ1) is 32.5. The highest BCUT2D eigenvalue weighted by Crippen LogP contribution is 2.36. The molecule has 1 aromatic heterocycles. The summed E-state index contributed by atoms with van der Waals surface area (Å²) in [5.41, 5.74) is 3.20. The zero-order valence-corrected chi connectivity index (χ0v) is 29.3. The SMILES string of the molecule is CCOC(=O)C1=C(C)N=c2s/c(=C\c3cc(I)c(OCc4ccccc4C#N)c(OC)c3)c(=O)n2[C@H]1c1ccc(OC)c(Br)c1. The van der Waals surface area contributed by atoms with E-state index >= 15 is 0 Å². The molecular formula is C33H27BrIN3O6S. The summed E-state index contributed by atoms with van der Waals surface area (Å²) >= 11 is 6.93. The molecule has 3 aromatic carbocycles. The highest BCUT2D eigenvalue weighted by Gasteiger charge is 2.33. The minimum Gasteiger partial charge on any atom is -0.496 e. The van der Waals surface area contributed by atoms with Gasteiger partial charge in [0, 0.05) is 5.56 Å². The fourth-order valence-corrected chi connectivity index (χ4v) is 7.37. The van der Waals surface area contributed by atoms with Crippen molar-refractivity contribution in [2.24, 2.45) is 4.99 Å². The van der Waals surface area contributed by atoms with Crippen LogP contribution in [-0.4, -0.2) is 31.4 Å². The second-order valence-corrected chi connectivity index (χ2v) is 12.8. The topological polar surface area (TPSA) is 112 Å². The molecule has 0 saturated carbocycles. The molecule has 0 fully saturated rings. The van der Waals surface area contributed by atoms with Gasteiger partial charge in [-0.2, -0.15) is 5.26 Å². The molecule has 12 heteroatoms. The van der Waals surface area contributed by atoms with Gasteiger partial charge in [0.25, 0.3) is 5.56 Å². The van der Waals surface area contributed by atoms with Crippen LogP contribution in [0.2, 0.25) is 0 Å². The molecule has 9 nitrogen and oxygen atoms in total. The predicted molar refractivity (Wildman–Crippen MR) is 182 cm³/mol. The Morgan fingerprint density at radius 3 is 2.60 bits per heavy atom. The molecule has 1 aliphatic rings. The zero-order valence-electron chi connectivity index (χ0n) is 24.7. The van der Waals surface area contributed by atoms with Crippen molar-refractivity contribution in [1.29, 1.82) is 5.26 Å². The Balaban J connectivity index is 1.59. The Morgan fingerprint density at radius 2 is 1.91 bits per heavy atom. The van der Waals surface area contributed by atoms with Crippen molar-refractivity contribution in [3.8, 4) is 23.3 Å². The molecule has 0 radical (unpaired) electrons.